The summed E-state index contributed by atoms with van der Waals surface area (Å²) in [5.74, 6) is -0.615. The van der Waals surface area contributed by atoms with Gasteiger partial charge in [-0.2, -0.15) is 0 Å². The van der Waals surface area contributed by atoms with Crippen LogP contribution in [0.2, 0.25) is 0 Å². The van der Waals surface area contributed by atoms with E-state index in [2.05, 4.69) is 20.4 Å². The van der Waals surface area contributed by atoms with E-state index in [9.17, 15) is 26.4 Å². The van der Waals surface area contributed by atoms with E-state index < -0.39 is 22.1 Å². The molecule has 0 unspecified atom stereocenters. The Morgan fingerprint density at radius 3 is 2.29 bits per heavy atom. The number of nitrogens with one attached hydrogen (secondary N) is 2. The van der Waals surface area contributed by atoms with Gasteiger partial charge in [-0.15, -0.1) is 13.2 Å². The number of sulfone groups is 1. The topological polar surface area (TPSA) is 96.9 Å². The van der Waals surface area contributed by atoms with Gasteiger partial charge in [-0.05, 0) is 48.5 Å². The Morgan fingerprint density at radius 2 is 1.68 bits per heavy atom. The van der Waals surface area contributed by atoms with Crippen molar-refractivity contribution in [1.82, 2.24) is 0 Å². The molecule has 7 nitrogen and oxygen atoms in total. The first-order chi connectivity index (χ1) is 14.6. The summed E-state index contributed by atoms with van der Waals surface area (Å²) in [5.41, 5.74) is 1.37. The number of nitrogens with zero attached hydrogens (tertiary/aromatic N) is 1. The number of aliphatic imine (C=N–C) groups is 1. The Bertz CT molecular complexity index is 1120. The van der Waals surface area contributed by atoms with Crippen LogP contribution in [0.4, 0.5) is 24.5 Å². The maximum absolute atomic E-state index is 12.3. The van der Waals surface area contributed by atoms with E-state index in [1.165, 1.54) is 23.9 Å². The molecule has 2 heterocycles. The monoisotopic (exact) mass is 471 g/mol. The lowest BCUT2D eigenvalue weighted by Gasteiger charge is -2.10. The van der Waals surface area contributed by atoms with Crippen molar-refractivity contribution in [3.8, 4) is 5.75 Å². The fourth-order valence-electron chi connectivity index (χ4n) is 3.19. The van der Waals surface area contributed by atoms with E-state index in [1.807, 2.05) is 0 Å². The molecule has 0 radical (unpaired) electrons. The maximum Gasteiger partial charge on any atom is 0.573 e. The highest BCUT2D eigenvalue weighted by Gasteiger charge is 2.42. The van der Waals surface area contributed by atoms with Gasteiger partial charge in [0.15, 0.2) is 15.0 Å². The fraction of sp³-hybridized carbons (Fsp3) is 0.263. The van der Waals surface area contributed by atoms with Crippen molar-refractivity contribution in [3.63, 3.8) is 0 Å². The smallest absolute Gasteiger partial charge is 0.406 e. The summed E-state index contributed by atoms with van der Waals surface area (Å²) in [6.07, 6.45) is -4.78. The molecule has 2 aromatic rings. The van der Waals surface area contributed by atoms with Gasteiger partial charge in [-0.1, -0.05) is 11.8 Å². The Balaban J connectivity index is 1.33. The van der Waals surface area contributed by atoms with E-state index in [1.54, 1.807) is 24.3 Å². The van der Waals surface area contributed by atoms with Gasteiger partial charge in [0, 0.05) is 22.2 Å². The largest absolute Gasteiger partial charge is 0.573 e. The molecular weight excluding hydrogens is 455 g/mol. The number of hydrogen-bond acceptors (Lipinski definition) is 7. The molecule has 31 heavy (non-hydrogen) atoms. The van der Waals surface area contributed by atoms with Crippen LogP contribution < -0.4 is 15.4 Å². The van der Waals surface area contributed by atoms with Gasteiger partial charge in [0.25, 0.3) is 5.91 Å². The van der Waals surface area contributed by atoms with Gasteiger partial charge >= 0.3 is 6.36 Å². The molecule has 1 amide bonds. The summed E-state index contributed by atoms with van der Waals surface area (Å²) < 4.78 is 63.6. The molecular formula is C19H16F3N3O4S2. The number of alkyl halides is 3. The molecule has 2 aliphatic heterocycles. The van der Waals surface area contributed by atoms with Crippen molar-refractivity contribution in [3.05, 3.63) is 54.1 Å². The number of amidine groups is 1. The minimum atomic E-state index is -4.78. The minimum Gasteiger partial charge on any atom is -0.406 e. The van der Waals surface area contributed by atoms with E-state index in [4.69, 9.17) is 0 Å². The Hall–Kier alpha value is -2.73. The van der Waals surface area contributed by atoms with Gasteiger partial charge in [0.1, 0.15) is 5.75 Å². The summed E-state index contributed by atoms with van der Waals surface area (Å²) in [7, 11) is -3.01. The zero-order chi connectivity index (χ0) is 22.2. The Kier molecular flexibility index (Phi) is 5.60. The number of amides is 1. The molecule has 2 atom stereocenters. The lowest BCUT2D eigenvalue weighted by Crippen LogP contribution is -2.17. The van der Waals surface area contributed by atoms with Gasteiger partial charge < -0.3 is 15.4 Å². The van der Waals surface area contributed by atoms with E-state index in [0.717, 1.165) is 12.1 Å². The number of rotatable bonds is 4. The van der Waals surface area contributed by atoms with Gasteiger partial charge in [-0.25, -0.2) is 8.42 Å². The summed E-state index contributed by atoms with van der Waals surface area (Å²) in [6, 6.07) is 11.1. The zero-order valence-corrected chi connectivity index (χ0v) is 17.4. The van der Waals surface area contributed by atoms with Gasteiger partial charge in [-0.3, -0.25) is 9.79 Å². The van der Waals surface area contributed by atoms with Crippen LogP contribution in [0.5, 0.6) is 5.75 Å². The zero-order valence-electron chi connectivity index (χ0n) is 15.7. The van der Waals surface area contributed by atoms with Crippen LogP contribution in [0.15, 0.2) is 53.5 Å². The molecule has 12 heteroatoms. The molecule has 0 bridgehead atoms. The lowest BCUT2D eigenvalue weighted by molar-refractivity contribution is -0.274. The number of benzene rings is 2. The molecule has 1 saturated heterocycles. The van der Waals surface area contributed by atoms with Crippen molar-refractivity contribution in [1.29, 1.82) is 0 Å². The van der Waals surface area contributed by atoms with E-state index >= 15 is 0 Å². The van der Waals surface area contributed by atoms with Crippen molar-refractivity contribution in [2.24, 2.45) is 4.99 Å². The van der Waals surface area contributed by atoms with E-state index in [-0.39, 0.29) is 28.5 Å². The van der Waals surface area contributed by atoms with E-state index in [0.29, 0.717) is 22.1 Å². The standard InChI is InChI=1S/C19H16F3N3O4S2/c20-19(21,22)29-14-7-5-12(6-8-14)23-17(26)11-1-3-13(4-2-11)24-18-25-15-9-31(27,28)10-16(15)30-18/h1-8,15-16H,9-10H2,(H,23,26)(H,24,25)/t15-,16-/m1/s1. The molecule has 1 fully saturated rings. The second-order valence-corrected chi connectivity index (χ2v) is 10.3. The fourth-order valence-corrected chi connectivity index (χ4v) is 6.86. The van der Waals surface area contributed by atoms with Crippen LogP contribution in [0.1, 0.15) is 10.4 Å². The third-order valence-corrected chi connectivity index (χ3v) is 7.70. The van der Waals surface area contributed by atoms with Crippen molar-refractivity contribution < 1.29 is 31.1 Å². The Morgan fingerprint density at radius 1 is 1.03 bits per heavy atom. The van der Waals surface area contributed by atoms with Gasteiger partial charge in [0.05, 0.1) is 17.5 Å². The average Bonchev–Trinajstić information content (AvgIpc) is 3.15. The van der Waals surface area contributed by atoms with Crippen LogP contribution in [0.25, 0.3) is 0 Å². The number of ether oxygens (including phenoxy) is 1. The predicted octanol–water partition coefficient (Wildman–Crippen LogP) is 3.52. The molecule has 164 valence electrons. The molecule has 2 aromatic carbocycles. The quantitative estimate of drug-likeness (QED) is 0.709. The first kappa shape index (κ1) is 21.5. The number of hydrogen-bond donors (Lipinski definition) is 2. The normalized spacial score (nSPS) is 21.8. The number of thioether (sulfide) groups is 1. The molecule has 0 saturated carbocycles. The van der Waals surface area contributed by atoms with Crippen molar-refractivity contribution in [2.45, 2.75) is 17.7 Å². The molecule has 0 aliphatic carbocycles. The van der Waals surface area contributed by atoms with Crippen molar-refractivity contribution in [2.75, 3.05) is 22.1 Å². The molecule has 0 spiro atoms. The SMILES string of the molecule is O=C(Nc1ccc(OC(F)(F)F)cc1)c1ccc(NC2=N[C@@H]3CS(=O)(=O)C[C@H]3S2)cc1. The third kappa shape index (κ3) is 5.50. The highest BCUT2D eigenvalue weighted by atomic mass is 32.2. The first-order valence-electron chi connectivity index (χ1n) is 9.05. The number of halogens is 3. The highest BCUT2D eigenvalue weighted by Crippen LogP contribution is 2.34. The minimum absolute atomic E-state index is 0.0644. The average molecular weight is 471 g/mol. The molecule has 0 aromatic heterocycles. The number of carbonyl (C=O) groups excluding carboxylic acids is 1. The van der Waals surface area contributed by atoms with Crippen LogP contribution >= 0.6 is 11.8 Å². The second kappa shape index (κ2) is 8.08. The number of anilines is 2. The van der Waals surface area contributed by atoms with Gasteiger partial charge in [0.2, 0.25) is 0 Å². The van der Waals surface area contributed by atoms with Crippen molar-refractivity contribution >= 4 is 44.0 Å². The predicted molar refractivity (Wildman–Crippen MR) is 112 cm³/mol. The summed E-state index contributed by atoms with van der Waals surface area (Å²) in [6.45, 7) is 0. The highest BCUT2D eigenvalue weighted by molar-refractivity contribution is 8.15. The lowest BCUT2D eigenvalue weighted by atomic mass is 10.2. The molecule has 4 rings (SSSR count). The van der Waals surface area contributed by atoms with Crippen LogP contribution in [-0.2, 0) is 9.84 Å². The third-order valence-electron chi connectivity index (χ3n) is 4.56. The second-order valence-electron chi connectivity index (χ2n) is 6.96. The molecule has 2 aliphatic rings. The van der Waals surface area contributed by atoms with Crippen LogP contribution in [0, 0.1) is 0 Å². The summed E-state index contributed by atoms with van der Waals surface area (Å²) >= 11 is 1.39. The number of fused-ring (bicyclic) bond motifs is 1. The maximum atomic E-state index is 12.3. The molecule has 2 N–H and O–H groups in total. The van der Waals surface area contributed by atoms with Crippen LogP contribution in [-0.4, -0.2) is 48.7 Å². The summed E-state index contributed by atoms with van der Waals surface area (Å²) in [5, 5.41) is 6.29. The Labute approximate surface area is 180 Å². The summed E-state index contributed by atoms with van der Waals surface area (Å²) in [4.78, 5) is 16.8. The first-order valence-corrected chi connectivity index (χ1v) is 11.8. The number of carbonyl (C=O) groups is 1. The van der Waals surface area contributed by atoms with Crippen LogP contribution in [0.3, 0.4) is 0 Å².